The highest BCUT2D eigenvalue weighted by Crippen LogP contribution is 2.33. The van der Waals surface area contributed by atoms with Gasteiger partial charge in [0, 0.05) is 17.7 Å². The molecule has 2 nitrogen and oxygen atoms in total. The number of fused-ring (bicyclic) bond motifs is 1. The van der Waals surface area contributed by atoms with Crippen LogP contribution in [0.2, 0.25) is 0 Å². The largest absolute Gasteiger partial charge is 0.396 e. The Hall–Kier alpha value is -2.08. The lowest BCUT2D eigenvalue weighted by molar-refractivity contribution is 0.588. The molecule has 2 N–H and O–H groups in total. The summed E-state index contributed by atoms with van der Waals surface area (Å²) in [6.45, 7) is 0. The lowest BCUT2D eigenvalue weighted by atomic mass is 10.2. The van der Waals surface area contributed by atoms with Crippen LogP contribution in [0.15, 0.2) is 30.3 Å². The zero-order valence-electron chi connectivity index (χ0n) is 9.45. The van der Waals surface area contributed by atoms with E-state index in [1.807, 2.05) is 0 Å². The van der Waals surface area contributed by atoms with Gasteiger partial charge in [0.05, 0.1) is 15.9 Å². The van der Waals surface area contributed by atoms with Crippen molar-refractivity contribution in [3.63, 3.8) is 0 Å². The second kappa shape index (κ2) is 4.24. The summed E-state index contributed by atoms with van der Waals surface area (Å²) in [5, 5.41) is 0.338. The molecule has 0 radical (unpaired) electrons. The molecule has 96 valence electrons. The lowest BCUT2D eigenvalue weighted by Gasteiger charge is -2.01. The molecule has 0 spiro atoms. The molecule has 0 aliphatic heterocycles. The summed E-state index contributed by atoms with van der Waals surface area (Å²) in [4.78, 5) is 4.14. The second-order valence-corrected chi connectivity index (χ2v) is 5.02. The SMILES string of the molecule is Nc1cc(-c2nc3cc(F)ccc3s2)c(F)cc1F. The Balaban J connectivity index is 2.21. The number of aromatic nitrogens is 1. The van der Waals surface area contributed by atoms with Gasteiger partial charge in [0.2, 0.25) is 0 Å². The second-order valence-electron chi connectivity index (χ2n) is 3.98. The van der Waals surface area contributed by atoms with Crippen LogP contribution in [-0.2, 0) is 0 Å². The van der Waals surface area contributed by atoms with Crippen molar-refractivity contribution in [2.24, 2.45) is 0 Å². The number of thiazole rings is 1. The predicted octanol–water partition coefficient (Wildman–Crippen LogP) is 3.96. The summed E-state index contributed by atoms with van der Waals surface area (Å²) in [5.74, 6) is -1.97. The average molecular weight is 280 g/mol. The zero-order valence-corrected chi connectivity index (χ0v) is 10.3. The van der Waals surface area contributed by atoms with E-state index < -0.39 is 17.5 Å². The fourth-order valence-electron chi connectivity index (χ4n) is 1.75. The van der Waals surface area contributed by atoms with E-state index in [1.165, 1.54) is 29.5 Å². The van der Waals surface area contributed by atoms with Crippen LogP contribution in [-0.4, -0.2) is 4.98 Å². The van der Waals surface area contributed by atoms with E-state index >= 15 is 0 Å². The Morgan fingerprint density at radius 3 is 2.58 bits per heavy atom. The van der Waals surface area contributed by atoms with E-state index in [2.05, 4.69) is 4.98 Å². The fraction of sp³-hybridized carbons (Fsp3) is 0. The van der Waals surface area contributed by atoms with E-state index in [4.69, 9.17) is 5.73 Å². The molecule has 0 saturated heterocycles. The molecule has 1 heterocycles. The van der Waals surface area contributed by atoms with Crippen molar-refractivity contribution in [1.82, 2.24) is 4.98 Å². The van der Waals surface area contributed by atoms with Crippen molar-refractivity contribution in [1.29, 1.82) is 0 Å². The predicted molar refractivity (Wildman–Crippen MR) is 69.3 cm³/mol. The Bertz CT molecular complexity index is 783. The van der Waals surface area contributed by atoms with Gasteiger partial charge in [0.25, 0.3) is 0 Å². The average Bonchev–Trinajstić information content (AvgIpc) is 2.76. The summed E-state index contributed by atoms with van der Waals surface area (Å²) >= 11 is 1.19. The van der Waals surface area contributed by atoms with E-state index in [1.54, 1.807) is 6.07 Å². The molecule has 3 rings (SSSR count). The molecular weight excluding hydrogens is 273 g/mol. The van der Waals surface area contributed by atoms with Crippen LogP contribution < -0.4 is 5.73 Å². The minimum atomic E-state index is -0.812. The van der Waals surface area contributed by atoms with E-state index in [-0.39, 0.29) is 11.3 Å². The highest BCUT2D eigenvalue weighted by atomic mass is 32.1. The minimum absolute atomic E-state index is 0.112. The molecule has 1 aromatic heterocycles. The van der Waals surface area contributed by atoms with Gasteiger partial charge in [-0.2, -0.15) is 0 Å². The van der Waals surface area contributed by atoms with Crippen molar-refractivity contribution in [2.75, 3.05) is 5.73 Å². The number of nitrogen functional groups attached to an aromatic ring is 1. The summed E-state index contributed by atoms with van der Waals surface area (Å²) in [6, 6.07) is 6.05. The number of benzene rings is 2. The smallest absolute Gasteiger partial charge is 0.149 e. The highest BCUT2D eigenvalue weighted by Gasteiger charge is 2.14. The third-order valence-electron chi connectivity index (χ3n) is 2.67. The van der Waals surface area contributed by atoms with Crippen molar-refractivity contribution >= 4 is 27.2 Å². The normalized spacial score (nSPS) is 11.1. The van der Waals surface area contributed by atoms with Gasteiger partial charge >= 0.3 is 0 Å². The molecule has 19 heavy (non-hydrogen) atoms. The first-order valence-corrected chi connectivity index (χ1v) is 6.17. The molecule has 2 aromatic carbocycles. The third-order valence-corrected chi connectivity index (χ3v) is 3.74. The summed E-state index contributed by atoms with van der Waals surface area (Å²) < 4.78 is 40.6. The minimum Gasteiger partial charge on any atom is -0.396 e. The van der Waals surface area contributed by atoms with Crippen LogP contribution in [0.5, 0.6) is 0 Å². The van der Waals surface area contributed by atoms with Crippen LogP contribution in [0.25, 0.3) is 20.8 Å². The van der Waals surface area contributed by atoms with E-state index in [0.29, 0.717) is 10.5 Å². The molecule has 0 aliphatic carbocycles. The van der Waals surface area contributed by atoms with Crippen molar-refractivity contribution in [3.05, 3.63) is 47.8 Å². The van der Waals surface area contributed by atoms with Crippen LogP contribution in [0.4, 0.5) is 18.9 Å². The highest BCUT2D eigenvalue weighted by molar-refractivity contribution is 7.21. The van der Waals surface area contributed by atoms with Crippen LogP contribution in [0.3, 0.4) is 0 Å². The molecule has 0 amide bonds. The molecule has 0 atom stereocenters. The van der Waals surface area contributed by atoms with Crippen LogP contribution >= 0.6 is 11.3 Å². The fourth-order valence-corrected chi connectivity index (χ4v) is 2.71. The maximum atomic E-state index is 13.7. The zero-order chi connectivity index (χ0) is 13.6. The van der Waals surface area contributed by atoms with Gasteiger partial charge in [-0.1, -0.05) is 0 Å². The molecule has 0 saturated carbocycles. The molecule has 0 unspecified atom stereocenters. The topological polar surface area (TPSA) is 38.9 Å². The van der Waals surface area contributed by atoms with E-state index in [9.17, 15) is 13.2 Å². The maximum Gasteiger partial charge on any atom is 0.149 e. The lowest BCUT2D eigenvalue weighted by Crippen LogP contribution is -1.94. The first-order chi connectivity index (χ1) is 9.04. The van der Waals surface area contributed by atoms with Gasteiger partial charge in [0.1, 0.15) is 22.5 Å². The van der Waals surface area contributed by atoms with Gasteiger partial charge < -0.3 is 5.73 Å². The monoisotopic (exact) mass is 280 g/mol. The molecule has 3 aromatic rings. The Morgan fingerprint density at radius 1 is 1.00 bits per heavy atom. The molecule has 0 aliphatic rings. The number of nitrogens with two attached hydrogens (primary N) is 1. The van der Waals surface area contributed by atoms with Crippen LogP contribution in [0, 0.1) is 17.5 Å². The molecule has 6 heteroatoms. The van der Waals surface area contributed by atoms with Gasteiger partial charge in [-0.3, -0.25) is 0 Å². The molecule has 0 bridgehead atoms. The van der Waals surface area contributed by atoms with Gasteiger partial charge in [-0.05, 0) is 18.2 Å². The Labute approximate surface area is 110 Å². The van der Waals surface area contributed by atoms with Crippen LogP contribution in [0.1, 0.15) is 0 Å². The number of halogens is 3. The number of hydrogen-bond acceptors (Lipinski definition) is 3. The summed E-state index contributed by atoms with van der Waals surface area (Å²) in [5.41, 5.74) is 5.81. The Kier molecular flexibility index (Phi) is 2.67. The van der Waals surface area contributed by atoms with Crippen molar-refractivity contribution in [2.45, 2.75) is 0 Å². The Morgan fingerprint density at radius 2 is 1.79 bits per heavy atom. The van der Waals surface area contributed by atoms with E-state index in [0.717, 1.165) is 10.8 Å². The number of nitrogens with zero attached hydrogens (tertiary/aromatic N) is 1. The van der Waals surface area contributed by atoms with Crippen molar-refractivity contribution < 1.29 is 13.2 Å². The maximum absolute atomic E-state index is 13.7. The molecular formula is C13H7F3N2S. The standard InChI is InChI=1S/C13H7F3N2S/c14-6-1-2-12-11(3-6)18-13(19-12)7-4-10(17)9(16)5-8(7)15/h1-5H,17H2. The van der Waals surface area contributed by atoms with Crippen molar-refractivity contribution in [3.8, 4) is 10.6 Å². The number of anilines is 1. The number of rotatable bonds is 1. The first kappa shape index (κ1) is 12.0. The summed E-state index contributed by atoms with van der Waals surface area (Å²) in [6.07, 6.45) is 0. The quantitative estimate of drug-likeness (QED) is 0.685. The number of hydrogen-bond donors (Lipinski definition) is 1. The third kappa shape index (κ3) is 2.04. The first-order valence-electron chi connectivity index (χ1n) is 5.35. The molecule has 0 fully saturated rings. The van der Waals surface area contributed by atoms with Gasteiger partial charge in [0.15, 0.2) is 0 Å². The van der Waals surface area contributed by atoms with Gasteiger partial charge in [-0.15, -0.1) is 11.3 Å². The summed E-state index contributed by atoms with van der Waals surface area (Å²) in [7, 11) is 0. The van der Waals surface area contributed by atoms with Gasteiger partial charge in [-0.25, -0.2) is 18.2 Å².